The summed E-state index contributed by atoms with van der Waals surface area (Å²) < 4.78 is 13.5. The molecule has 1 N–H and O–H groups in total. The molecule has 1 fully saturated rings. The third-order valence-electron chi connectivity index (χ3n) is 4.89. The van der Waals surface area contributed by atoms with E-state index in [9.17, 15) is 4.79 Å². The molecular formula is C25H19BrClIN2O3S. The number of amides is 1. The number of rotatable bonds is 6. The summed E-state index contributed by atoms with van der Waals surface area (Å²) in [5.74, 6) is 1.06. The molecule has 0 aromatic heterocycles. The van der Waals surface area contributed by atoms with Crippen molar-refractivity contribution in [2.75, 3.05) is 7.11 Å². The molecule has 9 heteroatoms. The van der Waals surface area contributed by atoms with Crippen molar-refractivity contribution in [2.24, 2.45) is 4.99 Å². The number of amidine groups is 1. The molecule has 0 spiro atoms. The van der Waals surface area contributed by atoms with Crippen LogP contribution in [-0.2, 0) is 11.4 Å². The lowest BCUT2D eigenvalue weighted by Crippen LogP contribution is -2.19. The number of hydrogen-bond acceptors (Lipinski definition) is 5. The van der Waals surface area contributed by atoms with Crippen LogP contribution in [0.5, 0.6) is 11.5 Å². The maximum atomic E-state index is 12.6. The molecule has 1 amide bonds. The number of halogens is 3. The van der Waals surface area contributed by atoms with E-state index in [1.165, 1.54) is 11.8 Å². The first-order valence-corrected chi connectivity index (χ1v) is 13.2. The van der Waals surface area contributed by atoms with Gasteiger partial charge >= 0.3 is 0 Å². The van der Waals surface area contributed by atoms with Crippen molar-refractivity contribution < 1.29 is 14.3 Å². The average molecular weight is 670 g/mol. The van der Waals surface area contributed by atoms with E-state index in [1.807, 2.05) is 61.5 Å². The predicted octanol–water partition coefficient (Wildman–Crippen LogP) is 7.49. The first kappa shape index (κ1) is 25.1. The van der Waals surface area contributed by atoms with Crippen molar-refractivity contribution in [3.05, 3.63) is 89.3 Å². The lowest BCUT2D eigenvalue weighted by atomic mass is 10.2. The summed E-state index contributed by atoms with van der Waals surface area (Å²) in [6, 6.07) is 17.3. The van der Waals surface area contributed by atoms with Crippen LogP contribution in [0.3, 0.4) is 0 Å². The first-order chi connectivity index (χ1) is 16.3. The molecule has 0 aliphatic carbocycles. The van der Waals surface area contributed by atoms with E-state index in [2.05, 4.69) is 48.8 Å². The lowest BCUT2D eigenvalue weighted by Gasteiger charge is -2.14. The minimum Gasteiger partial charge on any atom is -0.493 e. The van der Waals surface area contributed by atoms with Crippen molar-refractivity contribution in [3.63, 3.8) is 0 Å². The van der Waals surface area contributed by atoms with Gasteiger partial charge in [-0.1, -0.05) is 45.7 Å². The molecule has 0 radical (unpaired) electrons. The number of ether oxygens (including phenoxy) is 2. The maximum absolute atomic E-state index is 12.6. The summed E-state index contributed by atoms with van der Waals surface area (Å²) in [7, 11) is 1.60. The van der Waals surface area contributed by atoms with E-state index in [4.69, 9.17) is 21.1 Å². The number of aliphatic imine (C=N–C) groups is 1. The largest absolute Gasteiger partial charge is 0.493 e. The SMILES string of the molecule is COc1cc(/C=C2\SC(=Nc3cc(Cl)ccc3C)NC2=O)cc(I)c1OCc1ccc(Br)cc1. The van der Waals surface area contributed by atoms with E-state index in [0.29, 0.717) is 33.2 Å². The number of hydrogen-bond donors (Lipinski definition) is 1. The van der Waals surface area contributed by atoms with Gasteiger partial charge in [0.05, 0.1) is 21.3 Å². The Labute approximate surface area is 229 Å². The van der Waals surface area contributed by atoms with Gasteiger partial charge in [0.2, 0.25) is 0 Å². The van der Waals surface area contributed by atoms with Gasteiger partial charge in [-0.05, 0) is 100 Å². The number of nitrogens with one attached hydrogen (secondary N) is 1. The van der Waals surface area contributed by atoms with Gasteiger partial charge in [-0.2, -0.15) is 0 Å². The number of carbonyl (C=O) groups is 1. The highest BCUT2D eigenvalue weighted by Crippen LogP contribution is 2.37. The molecule has 3 aromatic rings. The molecule has 1 heterocycles. The second-order valence-electron chi connectivity index (χ2n) is 7.36. The molecule has 4 rings (SSSR count). The lowest BCUT2D eigenvalue weighted by molar-refractivity contribution is -0.115. The smallest absolute Gasteiger partial charge is 0.264 e. The Balaban J connectivity index is 1.54. The Kier molecular flexibility index (Phi) is 8.23. The highest BCUT2D eigenvalue weighted by molar-refractivity contribution is 14.1. The van der Waals surface area contributed by atoms with Crippen LogP contribution in [0, 0.1) is 10.5 Å². The third kappa shape index (κ3) is 6.16. The zero-order chi connectivity index (χ0) is 24.2. The summed E-state index contributed by atoms with van der Waals surface area (Å²) in [5, 5.41) is 3.93. The number of nitrogens with zero attached hydrogens (tertiary/aromatic N) is 1. The van der Waals surface area contributed by atoms with Crippen molar-refractivity contribution in [3.8, 4) is 11.5 Å². The highest BCUT2D eigenvalue weighted by Gasteiger charge is 2.24. The van der Waals surface area contributed by atoms with Crippen LogP contribution in [0.4, 0.5) is 5.69 Å². The molecule has 0 unspecified atom stereocenters. The monoisotopic (exact) mass is 668 g/mol. The molecule has 0 atom stereocenters. The van der Waals surface area contributed by atoms with Crippen molar-refractivity contribution in [2.45, 2.75) is 13.5 Å². The van der Waals surface area contributed by atoms with Crippen LogP contribution in [-0.4, -0.2) is 18.2 Å². The number of aryl methyl sites for hydroxylation is 1. The fourth-order valence-corrected chi connectivity index (χ4v) is 5.19. The average Bonchev–Trinajstić information content (AvgIpc) is 3.14. The number of carbonyl (C=O) groups excluding carboxylic acids is 1. The molecule has 5 nitrogen and oxygen atoms in total. The Morgan fingerprint density at radius 2 is 1.94 bits per heavy atom. The zero-order valence-electron chi connectivity index (χ0n) is 18.2. The molecule has 3 aromatic carbocycles. The number of thioether (sulfide) groups is 1. The fraction of sp³-hybridized carbons (Fsp3) is 0.120. The van der Waals surface area contributed by atoms with E-state index in [0.717, 1.165) is 30.4 Å². The second-order valence-corrected chi connectivity index (χ2v) is 10.9. The molecule has 0 bridgehead atoms. The van der Waals surface area contributed by atoms with Crippen LogP contribution in [0.15, 0.2) is 69.0 Å². The van der Waals surface area contributed by atoms with Gasteiger partial charge < -0.3 is 14.8 Å². The van der Waals surface area contributed by atoms with Crippen molar-refractivity contribution >= 4 is 84.7 Å². The second kappa shape index (κ2) is 11.2. The fourth-order valence-electron chi connectivity index (χ4n) is 3.14. The summed E-state index contributed by atoms with van der Waals surface area (Å²) in [6.45, 7) is 2.36. The zero-order valence-corrected chi connectivity index (χ0v) is 23.5. The summed E-state index contributed by atoms with van der Waals surface area (Å²) >= 11 is 13.0. The van der Waals surface area contributed by atoms with Gasteiger partial charge in [0.15, 0.2) is 16.7 Å². The van der Waals surface area contributed by atoms with Gasteiger partial charge in [0.1, 0.15) is 6.61 Å². The standard InChI is InChI=1S/C25H19BrClIN2O3S/c1-14-3-8-18(27)12-20(14)29-25-30-24(31)22(34-25)11-16-9-19(28)23(21(10-16)32-2)33-13-15-4-6-17(26)7-5-15/h3-12H,13H2,1-2H3,(H,29,30,31)/b22-11-. The minimum absolute atomic E-state index is 0.201. The Hall–Kier alpha value is -2.01. The quantitative estimate of drug-likeness (QED) is 0.218. The van der Waals surface area contributed by atoms with Crippen LogP contribution >= 0.6 is 61.9 Å². The molecule has 1 aliphatic heterocycles. The number of benzene rings is 3. The minimum atomic E-state index is -0.201. The van der Waals surface area contributed by atoms with Crippen molar-refractivity contribution in [1.82, 2.24) is 5.32 Å². The van der Waals surface area contributed by atoms with E-state index in [-0.39, 0.29) is 5.91 Å². The molecular weight excluding hydrogens is 651 g/mol. The summed E-state index contributed by atoms with van der Waals surface area (Å²) in [6.07, 6.45) is 1.82. The van der Waals surface area contributed by atoms with Crippen LogP contribution in [0.25, 0.3) is 6.08 Å². The summed E-state index contributed by atoms with van der Waals surface area (Å²) in [4.78, 5) is 17.7. The molecule has 34 heavy (non-hydrogen) atoms. The van der Waals surface area contributed by atoms with Gasteiger partial charge in [-0.3, -0.25) is 4.79 Å². The normalized spacial score (nSPS) is 15.6. The van der Waals surface area contributed by atoms with E-state index < -0.39 is 0 Å². The first-order valence-electron chi connectivity index (χ1n) is 10.1. The van der Waals surface area contributed by atoms with Crippen LogP contribution < -0.4 is 14.8 Å². The topological polar surface area (TPSA) is 59.9 Å². The molecule has 174 valence electrons. The predicted molar refractivity (Wildman–Crippen MR) is 151 cm³/mol. The van der Waals surface area contributed by atoms with E-state index >= 15 is 0 Å². The van der Waals surface area contributed by atoms with Gasteiger partial charge in [-0.15, -0.1) is 0 Å². The Morgan fingerprint density at radius 3 is 2.68 bits per heavy atom. The summed E-state index contributed by atoms with van der Waals surface area (Å²) in [5.41, 5.74) is 3.57. The van der Waals surface area contributed by atoms with Crippen LogP contribution in [0.1, 0.15) is 16.7 Å². The molecule has 0 saturated carbocycles. The maximum Gasteiger partial charge on any atom is 0.264 e. The van der Waals surface area contributed by atoms with E-state index in [1.54, 1.807) is 13.2 Å². The molecule has 1 saturated heterocycles. The Bertz CT molecular complexity index is 1310. The van der Waals surface area contributed by atoms with Gasteiger partial charge in [0.25, 0.3) is 5.91 Å². The Morgan fingerprint density at radius 1 is 1.18 bits per heavy atom. The molecule has 1 aliphatic rings. The third-order valence-corrected chi connectivity index (χ3v) is 7.36. The van der Waals surface area contributed by atoms with Gasteiger partial charge in [0, 0.05) is 9.50 Å². The van der Waals surface area contributed by atoms with Crippen LogP contribution in [0.2, 0.25) is 5.02 Å². The highest BCUT2D eigenvalue weighted by atomic mass is 127. The number of methoxy groups -OCH3 is 1. The van der Waals surface area contributed by atoms with Crippen molar-refractivity contribution in [1.29, 1.82) is 0 Å². The van der Waals surface area contributed by atoms with Gasteiger partial charge in [-0.25, -0.2) is 4.99 Å².